The average molecular weight is 193 g/mol. The maximum absolute atomic E-state index is 11.5. The minimum Gasteiger partial charge on any atom is -0.315 e. The lowest BCUT2D eigenvalue weighted by Crippen LogP contribution is -2.21. The van der Waals surface area contributed by atoms with Crippen molar-refractivity contribution < 1.29 is 4.79 Å². The van der Waals surface area contributed by atoms with Gasteiger partial charge in [0.25, 0.3) is 5.56 Å². The summed E-state index contributed by atoms with van der Waals surface area (Å²) in [5, 5.41) is 0. The molecule has 0 amide bonds. The molecule has 0 saturated carbocycles. The quantitative estimate of drug-likeness (QED) is 0.727. The van der Waals surface area contributed by atoms with E-state index >= 15 is 0 Å². The van der Waals surface area contributed by atoms with Gasteiger partial charge in [0.2, 0.25) is 0 Å². The molecule has 0 aliphatic carbocycles. The highest BCUT2D eigenvalue weighted by Gasteiger charge is 1.99. The summed E-state index contributed by atoms with van der Waals surface area (Å²) in [4.78, 5) is 22.2. The first-order valence-corrected chi connectivity index (χ1v) is 4.77. The molecule has 1 heterocycles. The van der Waals surface area contributed by atoms with Gasteiger partial charge in [0, 0.05) is 24.7 Å². The van der Waals surface area contributed by atoms with Crippen molar-refractivity contribution in [1.82, 2.24) is 4.57 Å². The van der Waals surface area contributed by atoms with Gasteiger partial charge in [-0.25, -0.2) is 0 Å². The second-order valence-electron chi connectivity index (χ2n) is 3.50. The van der Waals surface area contributed by atoms with E-state index in [0.29, 0.717) is 13.0 Å². The van der Waals surface area contributed by atoms with Crippen molar-refractivity contribution in [3.05, 3.63) is 34.2 Å². The summed E-state index contributed by atoms with van der Waals surface area (Å²) in [6.07, 6.45) is 3.04. The molecule has 1 rings (SSSR count). The van der Waals surface area contributed by atoms with Crippen LogP contribution in [0, 0.1) is 6.92 Å². The van der Waals surface area contributed by atoms with Gasteiger partial charge in [0.05, 0.1) is 0 Å². The van der Waals surface area contributed by atoms with Gasteiger partial charge in [0.1, 0.15) is 5.78 Å². The molecule has 0 spiro atoms. The molecule has 0 N–H and O–H groups in total. The first-order valence-electron chi connectivity index (χ1n) is 4.77. The van der Waals surface area contributed by atoms with E-state index in [0.717, 1.165) is 12.0 Å². The summed E-state index contributed by atoms with van der Waals surface area (Å²) in [6.45, 7) is 3.99. The van der Waals surface area contributed by atoms with Gasteiger partial charge in [-0.05, 0) is 26.3 Å². The number of aryl methyl sites for hydroxylation is 2. The van der Waals surface area contributed by atoms with E-state index in [1.807, 2.05) is 6.07 Å². The summed E-state index contributed by atoms with van der Waals surface area (Å²) in [5.74, 6) is 0.172. The number of hydrogen-bond acceptors (Lipinski definition) is 2. The number of pyridine rings is 1. The minimum absolute atomic E-state index is 0.0380. The number of aromatic nitrogens is 1. The Labute approximate surface area is 83.4 Å². The van der Waals surface area contributed by atoms with Crippen molar-refractivity contribution >= 4 is 5.78 Å². The summed E-state index contributed by atoms with van der Waals surface area (Å²) in [7, 11) is 0. The van der Waals surface area contributed by atoms with Crippen molar-refractivity contribution in [3.63, 3.8) is 0 Å². The zero-order chi connectivity index (χ0) is 10.6. The highest BCUT2D eigenvalue weighted by Crippen LogP contribution is 1.95. The molecule has 0 fully saturated rings. The average Bonchev–Trinajstić information content (AvgIpc) is 2.12. The van der Waals surface area contributed by atoms with Crippen LogP contribution in [-0.4, -0.2) is 10.4 Å². The molecular formula is C11H15NO2. The van der Waals surface area contributed by atoms with Crippen LogP contribution in [0.1, 0.15) is 25.3 Å². The summed E-state index contributed by atoms with van der Waals surface area (Å²) in [6, 6.07) is 3.65. The van der Waals surface area contributed by atoms with E-state index in [1.54, 1.807) is 30.7 Å². The summed E-state index contributed by atoms with van der Waals surface area (Å²) < 4.78 is 1.65. The molecule has 0 aliphatic rings. The highest BCUT2D eigenvalue weighted by molar-refractivity contribution is 5.75. The Morgan fingerprint density at radius 1 is 1.50 bits per heavy atom. The van der Waals surface area contributed by atoms with Crippen LogP contribution in [0.4, 0.5) is 0 Å². The number of ketones is 1. The van der Waals surface area contributed by atoms with Crippen molar-refractivity contribution in [2.24, 2.45) is 0 Å². The second kappa shape index (κ2) is 4.74. The normalized spacial score (nSPS) is 10.1. The van der Waals surface area contributed by atoms with Gasteiger partial charge < -0.3 is 9.36 Å². The molecule has 0 aliphatic heterocycles. The van der Waals surface area contributed by atoms with Gasteiger partial charge in [-0.1, -0.05) is 6.07 Å². The molecule has 76 valence electrons. The van der Waals surface area contributed by atoms with E-state index in [2.05, 4.69) is 0 Å². The molecule has 1 aromatic rings. The Hall–Kier alpha value is -1.38. The van der Waals surface area contributed by atoms with Crippen molar-refractivity contribution in [2.75, 3.05) is 0 Å². The molecule has 0 bridgehead atoms. The first kappa shape index (κ1) is 10.7. The van der Waals surface area contributed by atoms with Crippen LogP contribution < -0.4 is 5.56 Å². The molecule has 14 heavy (non-hydrogen) atoms. The lowest BCUT2D eigenvalue weighted by Gasteiger charge is -2.04. The van der Waals surface area contributed by atoms with E-state index < -0.39 is 0 Å². The SMILES string of the molecule is CC(=O)CCCn1cccc(C)c1=O. The fourth-order valence-corrected chi connectivity index (χ4v) is 1.33. The van der Waals surface area contributed by atoms with Gasteiger partial charge >= 0.3 is 0 Å². The van der Waals surface area contributed by atoms with Gasteiger partial charge in [-0.15, -0.1) is 0 Å². The van der Waals surface area contributed by atoms with Crippen LogP contribution >= 0.6 is 0 Å². The molecule has 1 aromatic heterocycles. The topological polar surface area (TPSA) is 39.1 Å². The standard InChI is InChI=1S/C11H15NO2/c1-9-5-3-7-12(11(9)14)8-4-6-10(2)13/h3,5,7H,4,6,8H2,1-2H3. The minimum atomic E-state index is 0.0380. The Kier molecular flexibility index (Phi) is 3.63. The Balaban J connectivity index is 2.64. The number of carbonyl (C=O) groups excluding carboxylic acids is 1. The molecule has 0 unspecified atom stereocenters. The smallest absolute Gasteiger partial charge is 0.253 e. The number of rotatable bonds is 4. The van der Waals surface area contributed by atoms with E-state index in [4.69, 9.17) is 0 Å². The Morgan fingerprint density at radius 3 is 2.86 bits per heavy atom. The van der Waals surface area contributed by atoms with Crippen LogP contribution in [0.25, 0.3) is 0 Å². The highest BCUT2D eigenvalue weighted by atomic mass is 16.1. The molecule has 0 aromatic carbocycles. The number of hydrogen-bond donors (Lipinski definition) is 0. The maximum Gasteiger partial charge on any atom is 0.253 e. The molecule has 3 heteroatoms. The lowest BCUT2D eigenvalue weighted by molar-refractivity contribution is -0.117. The van der Waals surface area contributed by atoms with Crippen LogP contribution in [0.2, 0.25) is 0 Å². The van der Waals surface area contributed by atoms with Crippen LogP contribution in [0.3, 0.4) is 0 Å². The Bertz CT molecular complexity index is 379. The largest absolute Gasteiger partial charge is 0.315 e. The molecule has 0 radical (unpaired) electrons. The van der Waals surface area contributed by atoms with Gasteiger partial charge in [-0.2, -0.15) is 0 Å². The van der Waals surface area contributed by atoms with Crippen LogP contribution in [0.15, 0.2) is 23.1 Å². The summed E-state index contributed by atoms with van der Waals surface area (Å²) in [5.41, 5.74) is 0.784. The third-order valence-electron chi connectivity index (χ3n) is 2.14. The predicted octanol–water partition coefficient (Wildman–Crippen LogP) is 1.53. The number of carbonyl (C=O) groups is 1. The van der Waals surface area contributed by atoms with E-state index in [1.165, 1.54) is 0 Å². The zero-order valence-corrected chi connectivity index (χ0v) is 8.62. The number of Topliss-reactive ketones (excluding diaryl/α,β-unsaturated/α-hetero) is 1. The first-order chi connectivity index (χ1) is 6.61. The number of nitrogens with zero attached hydrogens (tertiary/aromatic N) is 1. The molecule has 0 atom stereocenters. The fourth-order valence-electron chi connectivity index (χ4n) is 1.33. The van der Waals surface area contributed by atoms with Gasteiger partial charge in [0.15, 0.2) is 0 Å². The summed E-state index contributed by atoms with van der Waals surface area (Å²) >= 11 is 0. The van der Waals surface area contributed by atoms with Crippen molar-refractivity contribution in [1.29, 1.82) is 0 Å². The fraction of sp³-hybridized carbons (Fsp3) is 0.455. The third kappa shape index (κ3) is 2.83. The lowest BCUT2D eigenvalue weighted by atomic mass is 10.2. The van der Waals surface area contributed by atoms with Gasteiger partial charge in [-0.3, -0.25) is 4.79 Å². The van der Waals surface area contributed by atoms with E-state index in [9.17, 15) is 9.59 Å². The zero-order valence-electron chi connectivity index (χ0n) is 8.62. The molecule has 0 saturated heterocycles. The monoisotopic (exact) mass is 193 g/mol. The molecular weight excluding hydrogens is 178 g/mol. The predicted molar refractivity (Wildman–Crippen MR) is 55.4 cm³/mol. The third-order valence-corrected chi connectivity index (χ3v) is 2.14. The molecule has 3 nitrogen and oxygen atoms in total. The van der Waals surface area contributed by atoms with Crippen LogP contribution in [0.5, 0.6) is 0 Å². The van der Waals surface area contributed by atoms with Crippen molar-refractivity contribution in [2.45, 2.75) is 33.2 Å². The Morgan fingerprint density at radius 2 is 2.21 bits per heavy atom. The maximum atomic E-state index is 11.5. The van der Waals surface area contributed by atoms with Crippen molar-refractivity contribution in [3.8, 4) is 0 Å². The van der Waals surface area contributed by atoms with E-state index in [-0.39, 0.29) is 11.3 Å². The second-order valence-corrected chi connectivity index (χ2v) is 3.50. The van der Waals surface area contributed by atoms with Crippen LogP contribution in [-0.2, 0) is 11.3 Å².